The Bertz CT molecular complexity index is 902. The first-order valence-corrected chi connectivity index (χ1v) is 10.3. The number of hydrogen-bond acceptors (Lipinski definition) is 4. The van der Waals surface area contributed by atoms with Crippen LogP contribution in [0.2, 0.25) is 0 Å². The van der Waals surface area contributed by atoms with Crippen molar-refractivity contribution in [3.05, 3.63) is 70.2 Å². The molecule has 1 atom stereocenters. The zero-order chi connectivity index (χ0) is 18.6. The van der Waals surface area contributed by atoms with E-state index in [1.54, 1.807) is 11.3 Å². The van der Waals surface area contributed by atoms with Gasteiger partial charge in [0.05, 0.1) is 5.01 Å². The van der Waals surface area contributed by atoms with E-state index >= 15 is 0 Å². The van der Waals surface area contributed by atoms with Crippen molar-refractivity contribution >= 4 is 17.2 Å². The molecule has 0 spiro atoms. The second-order valence-electron chi connectivity index (χ2n) is 7.18. The molecule has 0 saturated carbocycles. The summed E-state index contributed by atoms with van der Waals surface area (Å²) < 4.78 is 2.18. The third kappa shape index (κ3) is 4.27. The van der Waals surface area contributed by atoms with Crippen molar-refractivity contribution in [3.8, 4) is 0 Å². The van der Waals surface area contributed by atoms with Gasteiger partial charge >= 0.3 is 0 Å². The van der Waals surface area contributed by atoms with E-state index in [0.29, 0.717) is 11.6 Å². The van der Waals surface area contributed by atoms with Crippen LogP contribution in [-0.4, -0.2) is 38.4 Å². The van der Waals surface area contributed by atoms with Crippen molar-refractivity contribution < 1.29 is 4.79 Å². The lowest BCUT2D eigenvalue weighted by atomic mass is 9.97. The van der Waals surface area contributed by atoms with Crippen LogP contribution in [0.5, 0.6) is 0 Å². The number of thiazole rings is 1. The Hall–Kier alpha value is -2.47. The SMILES string of the molecule is Cc1nccn1C[C@H]1CCCN(C(=O)c2csc(Cc3ccccc3)n2)C1. The van der Waals surface area contributed by atoms with Gasteiger partial charge in [-0.2, -0.15) is 0 Å². The summed E-state index contributed by atoms with van der Waals surface area (Å²) in [7, 11) is 0. The van der Waals surface area contributed by atoms with E-state index in [9.17, 15) is 4.79 Å². The van der Waals surface area contributed by atoms with Crippen LogP contribution in [0.1, 0.15) is 39.7 Å². The summed E-state index contributed by atoms with van der Waals surface area (Å²) in [6, 6.07) is 10.3. The fourth-order valence-corrected chi connectivity index (χ4v) is 4.50. The molecule has 27 heavy (non-hydrogen) atoms. The predicted molar refractivity (Wildman–Crippen MR) is 107 cm³/mol. The third-order valence-electron chi connectivity index (χ3n) is 5.15. The van der Waals surface area contributed by atoms with Crippen molar-refractivity contribution in [2.24, 2.45) is 5.92 Å². The number of aromatic nitrogens is 3. The largest absolute Gasteiger partial charge is 0.337 e. The highest BCUT2D eigenvalue weighted by Gasteiger charge is 2.26. The summed E-state index contributed by atoms with van der Waals surface area (Å²) in [5, 5.41) is 2.90. The van der Waals surface area contributed by atoms with Gasteiger partial charge in [-0.05, 0) is 31.2 Å². The number of likely N-dealkylation sites (tertiary alicyclic amines) is 1. The standard InChI is InChI=1S/C21H24N4OS/c1-16-22-9-11-24(16)13-18-8-5-10-25(14-18)21(26)19-15-27-20(23-19)12-17-6-3-2-4-7-17/h2-4,6-7,9,11,15,18H,5,8,10,12-14H2,1H3/t18-/m1/s1. The lowest BCUT2D eigenvalue weighted by Crippen LogP contribution is -2.41. The summed E-state index contributed by atoms with van der Waals surface area (Å²) >= 11 is 1.57. The molecule has 1 aliphatic rings. The number of imidazole rings is 1. The van der Waals surface area contributed by atoms with Gasteiger partial charge < -0.3 is 9.47 Å². The minimum Gasteiger partial charge on any atom is -0.337 e. The van der Waals surface area contributed by atoms with Gasteiger partial charge in [-0.15, -0.1) is 11.3 Å². The lowest BCUT2D eigenvalue weighted by molar-refractivity contribution is 0.0656. The number of piperidine rings is 1. The summed E-state index contributed by atoms with van der Waals surface area (Å²) in [5.74, 6) is 1.57. The molecule has 0 radical (unpaired) electrons. The molecule has 3 heterocycles. The Morgan fingerprint density at radius 1 is 1.30 bits per heavy atom. The number of benzene rings is 1. The molecule has 0 aliphatic carbocycles. The molecule has 0 bridgehead atoms. The zero-order valence-corrected chi connectivity index (χ0v) is 16.4. The summed E-state index contributed by atoms with van der Waals surface area (Å²) in [4.78, 5) is 23.8. The topological polar surface area (TPSA) is 51.0 Å². The van der Waals surface area contributed by atoms with Gasteiger partial charge in [0.1, 0.15) is 11.5 Å². The fourth-order valence-electron chi connectivity index (χ4n) is 3.70. The van der Waals surface area contributed by atoms with Gasteiger partial charge in [0.25, 0.3) is 5.91 Å². The molecule has 140 valence electrons. The molecular weight excluding hydrogens is 356 g/mol. The molecule has 0 N–H and O–H groups in total. The van der Waals surface area contributed by atoms with E-state index in [0.717, 1.165) is 49.7 Å². The smallest absolute Gasteiger partial charge is 0.273 e. The van der Waals surface area contributed by atoms with Gasteiger partial charge in [0, 0.05) is 43.8 Å². The minimum atomic E-state index is 0.0672. The zero-order valence-electron chi connectivity index (χ0n) is 15.5. The van der Waals surface area contributed by atoms with Gasteiger partial charge in [-0.25, -0.2) is 9.97 Å². The van der Waals surface area contributed by atoms with Crippen molar-refractivity contribution in [1.29, 1.82) is 0 Å². The van der Waals surface area contributed by atoms with Crippen LogP contribution in [0, 0.1) is 12.8 Å². The van der Waals surface area contributed by atoms with E-state index in [1.807, 2.05) is 47.8 Å². The van der Waals surface area contributed by atoms with E-state index in [4.69, 9.17) is 0 Å². The second-order valence-corrected chi connectivity index (χ2v) is 8.12. The Labute approximate surface area is 163 Å². The predicted octanol–water partition coefficient (Wildman–Crippen LogP) is 3.79. The quantitative estimate of drug-likeness (QED) is 0.677. The highest BCUT2D eigenvalue weighted by Crippen LogP contribution is 2.22. The minimum absolute atomic E-state index is 0.0672. The van der Waals surface area contributed by atoms with Crippen LogP contribution in [-0.2, 0) is 13.0 Å². The van der Waals surface area contributed by atoms with E-state index in [1.165, 1.54) is 5.56 Å². The Kier molecular flexibility index (Phi) is 5.34. The Balaban J connectivity index is 1.39. The molecule has 0 unspecified atom stereocenters. The van der Waals surface area contributed by atoms with Gasteiger partial charge in [0.2, 0.25) is 0 Å². The molecular formula is C21H24N4OS. The third-order valence-corrected chi connectivity index (χ3v) is 6.00. The van der Waals surface area contributed by atoms with Crippen molar-refractivity contribution in [2.75, 3.05) is 13.1 Å². The second kappa shape index (κ2) is 8.05. The molecule has 1 aromatic carbocycles. The Morgan fingerprint density at radius 2 is 2.15 bits per heavy atom. The maximum absolute atomic E-state index is 12.9. The maximum atomic E-state index is 12.9. The van der Waals surface area contributed by atoms with Gasteiger partial charge in [-0.1, -0.05) is 30.3 Å². The number of carbonyl (C=O) groups is 1. The first-order chi connectivity index (χ1) is 13.2. The number of nitrogens with zero attached hydrogens (tertiary/aromatic N) is 4. The van der Waals surface area contributed by atoms with Crippen LogP contribution >= 0.6 is 11.3 Å². The molecule has 5 nitrogen and oxygen atoms in total. The average molecular weight is 381 g/mol. The fraction of sp³-hybridized carbons (Fsp3) is 0.381. The van der Waals surface area contributed by atoms with E-state index in [-0.39, 0.29) is 5.91 Å². The first kappa shape index (κ1) is 17.9. The lowest BCUT2D eigenvalue weighted by Gasteiger charge is -2.32. The van der Waals surface area contributed by atoms with E-state index in [2.05, 4.69) is 26.7 Å². The van der Waals surface area contributed by atoms with Crippen molar-refractivity contribution in [2.45, 2.75) is 32.7 Å². The number of rotatable bonds is 5. The van der Waals surface area contributed by atoms with Crippen LogP contribution in [0.25, 0.3) is 0 Å². The van der Waals surface area contributed by atoms with Crippen LogP contribution in [0.15, 0.2) is 48.1 Å². The van der Waals surface area contributed by atoms with Crippen LogP contribution < -0.4 is 0 Å². The highest BCUT2D eigenvalue weighted by molar-refractivity contribution is 7.09. The number of amides is 1. The normalized spacial score (nSPS) is 17.2. The number of hydrogen-bond donors (Lipinski definition) is 0. The average Bonchev–Trinajstić information content (AvgIpc) is 3.32. The molecule has 2 aromatic heterocycles. The number of aryl methyl sites for hydroxylation is 1. The molecule has 1 fully saturated rings. The summed E-state index contributed by atoms with van der Waals surface area (Å²) in [5.41, 5.74) is 1.81. The van der Waals surface area contributed by atoms with Crippen LogP contribution in [0.3, 0.4) is 0 Å². The molecule has 4 rings (SSSR count). The van der Waals surface area contributed by atoms with Crippen molar-refractivity contribution in [3.63, 3.8) is 0 Å². The summed E-state index contributed by atoms with van der Waals surface area (Å²) in [6.07, 6.45) is 6.83. The molecule has 6 heteroatoms. The summed E-state index contributed by atoms with van der Waals surface area (Å²) in [6.45, 7) is 4.56. The van der Waals surface area contributed by atoms with E-state index < -0.39 is 0 Å². The van der Waals surface area contributed by atoms with Crippen LogP contribution in [0.4, 0.5) is 0 Å². The Morgan fingerprint density at radius 3 is 2.93 bits per heavy atom. The van der Waals surface area contributed by atoms with Gasteiger partial charge in [-0.3, -0.25) is 4.79 Å². The maximum Gasteiger partial charge on any atom is 0.273 e. The molecule has 3 aromatic rings. The monoisotopic (exact) mass is 380 g/mol. The molecule has 1 aliphatic heterocycles. The first-order valence-electron chi connectivity index (χ1n) is 9.44. The highest BCUT2D eigenvalue weighted by atomic mass is 32.1. The van der Waals surface area contributed by atoms with Crippen molar-refractivity contribution in [1.82, 2.24) is 19.4 Å². The van der Waals surface area contributed by atoms with Gasteiger partial charge in [0.15, 0.2) is 0 Å². The number of carbonyl (C=O) groups excluding carboxylic acids is 1. The molecule has 1 saturated heterocycles. The molecule has 1 amide bonds.